The smallest absolute Gasteiger partial charge is 0.0563 e. The summed E-state index contributed by atoms with van der Waals surface area (Å²) in [6.45, 7) is 14.4. The van der Waals surface area contributed by atoms with Crippen LogP contribution in [0.4, 0.5) is 11.4 Å². The molecule has 4 aliphatic carbocycles. The van der Waals surface area contributed by atoms with Crippen molar-refractivity contribution in [1.29, 1.82) is 0 Å². The van der Waals surface area contributed by atoms with Crippen LogP contribution >= 0.6 is 0 Å². The van der Waals surface area contributed by atoms with Crippen molar-refractivity contribution < 1.29 is 0 Å². The summed E-state index contributed by atoms with van der Waals surface area (Å²) in [4.78, 5) is 2.65. The Hall–Kier alpha value is -6.18. The number of rotatable bonds is 5. The van der Waals surface area contributed by atoms with Crippen molar-refractivity contribution in [3.05, 3.63) is 209 Å². The number of allylic oxidation sites excluding steroid dienone is 2. The van der Waals surface area contributed by atoms with Gasteiger partial charge in [-0.05, 0) is 126 Å². The van der Waals surface area contributed by atoms with Gasteiger partial charge in [0.15, 0.2) is 0 Å². The van der Waals surface area contributed by atoms with E-state index in [1.807, 2.05) is 0 Å². The molecule has 0 spiro atoms. The normalized spacial score (nSPS) is 18.2. The molecule has 58 heavy (non-hydrogen) atoms. The van der Waals surface area contributed by atoms with Crippen LogP contribution in [0.1, 0.15) is 81.3 Å². The molecule has 0 saturated heterocycles. The number of fused-ring (bicyclic) bond motifs is 9. The first-order chi connectivity index (χ1) is 28.0. The fraction of sp³-hybridized carbons (Fsp3) is 0.193. The minimum Gasteiger partial charge on any atom is -0.334 e. The third-order valence-electron chi connectivity index (χ3n) is 14.2. The predicted octanol–water partition coefficient (Wildman–Crippen LogP) is 14.8. The zero-order valence-electron chi connectivity index (χ0n) is 34.4. The molecule has 1 atom stereocenters. The van der Waals surface area contributed by atoms with E-state index in [0.717, 1.165) is 6.42 Å². The molecule has 0 N–H and O–H groups in total. The Morgan fingerprint density at radius 1 is 0.397 bits per heavy atom. The van der Waals surface area contributed by atoms with Crippen LogP contribution < -0.4 is 4.90 Å². The van der Waals surface area contributed by atoms with Gasteiger partial charge in [0.05, 0.1) is 6.04 Å². The van der Waals surface area contributed by atoms with Gasteiger partial charge in [-0.25, -0.2) is 0 Å². The van der Waals surface area contributed by atoms with Gasteiger partial charge in [-0.3, -0.25) is 0 Å². The Kier molecular flexibility index (Phi) is 7.49. The zero-order valence-corrected chi connectivity index (χ0v) is 34.4. The van der Waals surface area contributed by atoms with Crippen LogP contribution in [-0.4, -0.2) is 6.04 Å². The highest BCUT2D eigenvalue weighted by Gasteiger charge is 2.42. The van der Waals surface area contributed by atoms with Gasteiger partial charge in [0.1, 0.15) is 0 Å². The van der Waals surface area contributed by atoms with Crippen LogP contribution in [0.5, 0.6) is 0 Å². The van der Waals surface area contributed by atoms with Gasteiger partial charge >= 0.3 is 0 Å². The molecule has 1 unspecified atom stereocenters. The zero-order chi connectivity index (χ0) is 39.6. The molecule has 0 bridgehead atoms. The molecular weight excluding hydrogens is 699 g/mol. The second-order valence-corrected chi connectivity index (χ2v) is 18.5. The monoisotopic (exact) mass is 747 g/mol. The van der Waals surface area contributed by atoms with Crippen LogP contribution in [0.2, 0.25) is 0 Å². The predicted molar refractivity (Wildman–Crippen MR) is 245 cm³/mol. The molecule has 0 fully saturated rings. The van der Waals surface area contributed by atoms with Crippen molar-refractivity contribution in [3.63, 3.8) is 0 Å². The standard InChI is InChI=1S/C57H49N/c1-55(2)49-18-12-10-16-43(49)46-29-25-40(33-52(46)55)58(41-26-30-47-44-17-11-13-19-50(44)56(3,4)53(47)34-41)42-27-31-48-45-28-24-39(32-51(45)57(5,6)54(48)35-42)38-22-20-37(21-23-38)36-14-8-7-9-15-36/h7-25,27-35,41H,26H2,1-6H3. The number of hydrogen-bond acceptors (Lipinski definition) is 1. The minimum atomic E-state index is -0.166. The second-order valence-electron chi connectivity index (χ2n) is 18.5. The van der Waals surface area contributed by atoms with E-state index in [-0.39, 0.29) is 22.3 Å². The maximum absolute atomic E-state index is 2.65. The van der Waals surface area contributed by atoms with Crippen LogP contribution in [0.3, 0.4) is 0 Å². The van der Waals surface area contributed by atoms with E-state index in [0.29, 0.717) is 0 Å². The molecular formula is C57H49N. The maximum atomic E-state index is 2.65. The van der Waals surface area contributed by atoms with E-state index in [9.17, 15) is 0 Å². The van der Waals surface area contributed by atoms with E-state index in [1.165, 1.54) is 100 Å². The highest BCUT2D eigenvalue weighted by Crippen LogP contribution is 2.55. The van der Waals surface area contributed by atoms with Gasteiger partial charge in [0, 0.05) is 27.6 Å². The first-order valence-corrected chi connectivity index (χ1v) is 21.0. The van der Waals surface area contributed by atoms with Crippen LogP contribution in [0.15, 0.2) is 175 Å². The summed E-state index contributed by atoms with van der Waals surface area (Å²) < 4.78 is 0. The first-order valence-electron chi connectivity index (χ1n) is 21.0. The van der Waals surface area contributed by atoms with Gasteiger partial charge in [0.25, 0.3) is 0 Å². The van der Waals surface area contributed by atoms with Gasteiger partial charge in [-0.2, -0.15) is 0 Å². The lowest BCUT2D eigenvalue weighted by Gasteiger charge is -2.37. The molecule has 1 heteroatoms. The molecule has 0 amide bonds. The van der Waals surface area contributed by atoms with E-state index < -0.39 is 0 Å². The Balaban J connectivity index is 1.01. The fourth-order valence-corrected chi connectivity index (χ4v) is 11.0. The van der Waals surface area contributed by atoms with Gasteiger partial charge in [0.2, 0.25) is 0 Å². The largest absolute Gasteiger partial charge is 0.334 e. The lowest BCUT2D eigenvalue weighted by molar-refractivity contribution is 0.643. The molecule has 282 valence electrons. The summed E-state index contributed by atoms with van der Waals surface area (Å²) in [5, 5.41) is 0. The fourth-order valence-electron chi connectivity index (χ4n) is 11.0. The van der Waals surface area contributed by atoms with Crippen molar-refractivity contribution in [3.8, 4) is 44.5 Å². The third kappa shape index (κ3) is 5.02. The highest BCUT2D eigenvalue weighted by atomic mass is 15.2. The topological polar surface area (TPSA) is 3.24 Å². The van der Waals surface area contributed by atoms with Crippen molar-refractivity contribution >= 4 is 16.9 Å². The van der Waals surface area contributed by atoms with Gasteiger partial charge < -0.3 is 4.90 Å². The Morgan fingerprint density at radius 3 is 1.48 bits per heavy atom. The van der Waals surface area contributed by atoms with E-state index in [1.54, 1.807) is 0 Å². The van der Waals surface area contributed by atoms with Gasteiger partial charge in [-0.1, -0.05) is 181 Å². The van der Waals surface area contributed by atoms with Crippen molar-refractivity contribution in [2.45, 2.75) is 70.3 Å². The summed E-state index contributed by atoms with van der Waals surface area (Å²) in [5.41, 5.74) is 23.9. The number of nitrogens with zero attached hydrogens (tertiary/aromatic N) is 1. The number of hydrogen-bond donors (Lipinski definition) is 0. The average molecular weight is 748 g/mol. The molecule has 11 rings (SSSR count). The molecule has 0 aliphatic heterocycles. The van der Waals surface area contributed by atoms with E-state index in [4.69, 9.17) is 0 Å². The molecule has 0 aromatic heterocycles. The quantitative estimate of drug-likeness (QED) is 0.169. The molecule has 0 radical (unpaired) electrons. The summed E-state index contributed by atoms with van der Waals surface area (Å²) in [6, 6.07) is 59.6. The summed E-state index contributed by atoms with van der Waals surface area (Å²) in [5.74, 6) is 0. The summed E-state index contributed by atoms with van der Waals surface area (Å²) in [6.07, 6.45) is 6.07. The second kappa shape index (κ2) is 12.4. The average Bonchev–Trinajstić information content (AvgIpc) is 3.73. The van der Waals surface area contributed by atoms with Gasteiger partial charge in [-0.15, -0.1) is 0 Å². The lowest BCUT2D eigenvalue weighted by atomic mass is 9.79. The number of benzene rings is 7. The van der Waals surface area contributed by atoms with Crippen LogP contribution in [0.25, 0.3) is 50.1 Å². The van der Waals surface area contributed by atoms with Crippen molar-refractivity contribution in [2.75, 3.05) is 4.90 Å². The first kappa shape index (κ1) is 35.0. The van der Waals surface area contributed by atoms with E-state index in [2.05, 4.69) is 216 Å². The Morgan fingerprint density at radius 2 is 0.845 bits per heavy atom. The molecule has 7 aromatic carbocycles. The molecule has 7 aromatic rings. The van der Waals surface area contributed by atoms with E-state index >= 15 is 0 Å². The lowest BCUT2D eigenvalue weighted by Crippen LogP contribution is -2.32. The SMILES string of the molecule is CC1(C)C2=CC(N(c3ccc4c(c3)C(C)(C)c3ccccc3-4)c3ccc4c(c3)C(C)(C)c3cc(-c5ccc(-c6ccccc6)cc5)ccc3-4)CC=C2c2ccccc21. The summed E-state index contributed by atoms with van der Waals surface area (Å²) in [7, 11) is 0. The molecule has 1 nitrogen and oxygen atoms in total. The van der Waals surface area contributed by atoms with Crippen LogP contribution in [-0.2, 0) is 16.2 Å². The minimum absolute atomic E-state index is 0.0600. The number of anilines is 2. The Bertz CT molecular complexity index is 2880. The van der Waals surface area contributed by atoms with Crippen molar-refractivity contribution in [2.24, 2.45) is 0 Å². The Labute approximate surface area is 344 Å². The molecule has 4 aliphatic rings. The maximum Gasteiger partial charge on any atom is 0.0563 e. The highest BCUT2D eigenvalue weighted by molar-refractivity contribution is 5.92. The summed E-state index contributed by atoms with van der Waals surface area (Å²) >= 11 is 0. The van der Waals surface area contributed by atoms with Crippen molar-refractivity contribution in [1.82, 2.24) is 0 Å². The molecule has 0 saturated carbocycles. The molecule has 0 heterocycles. The third-order valence-corrected chi connectivity index (χ3v) is 14.2. The van der Waals surface area contributed by atoms with Crippen LogP contribution in [0, 0.1) is 0 Å².